The van der Waals surface area contributed by atoms with Crippen LogP contribution in [0.4, 0.5) is 10.6 Å². The lowest BCUT2D eigenvalue weighted by atomic mass is 9.94. The molecule has 3 saturated heterocycles. The topological polar surface area (TPSA) is 190 Å². The molecule has 2 amide bonds. The number of nitrogens with zero attached hydrogens (tertiary/aromatic N) is 5. The molecule has 1 saturated carbocycles. The highest BCUT2D eigenvalue weighted by Crippen LogP contribution is 2.33. The fraction of sp³-hybridized carbons (Fsp3) is 0.654. The van der Waals surface area contributed by atoms with Crippen molar-refractivity contribution < 1.29 is 29.3 Å². The molecule has 0 bridgehead atoms. The molecule has 4 aliphatic rings. The minimum atomic E-state index is -1.41. The van der Waals surface area contributed by atoms with E-state index < -0.39 is 30.4 Å². The molecular formula is C26H34N8O6. The molecule has 4 fully saturated rings. The zero-order valence-electron chi connectivity index (χ0n) is 22.0. The zero-order valence-corrected chi connectivity index (χ0v) is 22.0. The Morgan fingerprint density at radius 3 is 2.70 bits per heavy atom. The van der Waals surface area contributed by atoms with E-state index in [9.17, 15) is 19.8 Å². The Morgan fingerprint density at radius 1 is 1.18 bits per heavy atom. The number of aliphatic hydroxyl groups is 2. The van der Waals surface area contributed by atoms with Crippen LogP contribution in [-0.4, -0.2) is 103 Å². The van der Waals surface area contributed by atoms with Crippen LogP contribution < -0.4 is 16.4 Å². The first-order valence-corrected chi connectivity index (χ1v) is 13.8. The molecule has 6 N–H and O–H groups in total. The molecule has 3 aliphatic heterocycles. The van der Waals surface area contributed by atoms with Gasteiger partial charge in [-0.3, -0.25) is 9.36 Å². The predicted octanol–water partition coefficient (Wildman–Crippen LogP) is -0.742. The summed E-state index contributed by atoms with van der Waals surface area (Å²) in [6.07, 6.45) is 0.904. The van der Waals surface area contributed by atoms with Crippen molar-refractivity contribution >= 4 is 29.0 Å². The largest absolute Gasteiger partial charge is 0.445 e. The van der Waals surface area contributed by atoms with E-state index in [1.165, 1.54) is 10.9 Å². The standard InChI is InChI=1S/C26H34N8O6/c27-22-18-23(34(13-29-18)25-20(36)19(35)21(40-25)24(37)30-15-4-5-15)32-17(31-22)3-1-2-14-7-10-33(11-8-14)26(38)39-16-6-9-28-12-16/h13-16,19-21,25,28,35-36H,2,4-12H2,(H,30,37)(H2,27,31,32)/t16?,19-,20+,21-,25+/m0/s1. The van der Waals surface area contributed by atoms with Crippen molar-refractivity contribution in [1.82, 2.24) is 35.1 Å². The Morgan fingerprint density at radius 2 is 1.98 bits per heavy atom. The minimum Gasteiger partial charge on any atom is -0.445 e. The second kappa shape index (κ2) is 11.2. The van der Waals surface area contributed by atoms with Crippen LogP contribution in [0.5, 0.6) is 0 Å². The van der Waals surface area contributed by atoms with Gasteiger partial charge < -0.3 is 41.0 Å². The van der Waals surface area contributed by atoms with Gasteiger partial charge in [-0.1, -0.05) is 5.92 Å². The van der Waals surface area contributed by atoms with Crippen LogP contribution in [0.25, 0.3) is 11.2 Å². The molecule has 14 nitrogen and oxygen atoms in total. The summed E-state index contributed by atoms with van der Waals surface area (Å²) in [4.78, 5) is 39.6. The second-order valence-electron chi connectivity index (χ2n) is 10.9. The molecule has 14 heteroatoms. The average molecular weight is 555 g/mol. The molecule has 0 aromatic carbocycles. The Hall–Kier alpha value is -3.51. The summed E-state index contributed by atoms with van der Waals surface area (Å²) in [5.74, 6) is 6.28. The quantitative estimate of drug-likeness (QED) is 0.293. The van der Waals surface area contributed by atoms with E-state index in [0.29, 0.717) is 37.5 Å². The van der Waals surface area contributed by atoms with Gasteiger partial charge in [0.25, 0.3) is 5.91 Å². The van der Waals surface area contributed by atoms with Gasteiger partial charge in [0.15, 0.2) is 23.8 Å². The Kier molecular flexibility index (Phi) is 7.45. The lowest BCUT2D eigenvalue weighted by molar-refractivity contribution is -0.137. The first-order valence-electron chi connectivity index (χ1n) is 13.8. The van der Waals surface area contributed by atoms with E-state index >= 15 is 0 Å². The molecule has 0 radical (unpaired) electrons. The van der Waals surface area contributed by atoms with Crippen LogP contribution in [0.1, 0.15) is 50.6 Å². The number of piperidine rings is 1. The van der Waals surface area contributed by atoms with Gasteiger partial charge in [-0.25, -0.2) is 19.7 Å². The molecule has 2 aromatic rings. The first-order chi connectivity index (χ1) is 19.4. The fourth-order valence-corrected chi connectivity index (χ4v) is 5.34. The number of nitrogen functional groups attached to an aromatic ring is 1. The zero-order chi connectivity index (χ0) is 27.8. The number of anilines is 1. The molecule has 0 spiro atoms. The Balaban J connectivity index is 1.09. The number of aliphatic hydroxyl groups excluding tert-OH is 2. The number of ether oxygens (including phenoxy) is 2. The first kappa shape index (κ1) is 26.7. The maximum absolute atomic E-state index is 12.5. The number of rotatable bonds is 5. The van der Waals surface area contributed by atoms with E-state index in [4.69, 9.17) is 15.2 Å². The molecule has 5 atom stereocenters. The van der Waals surface area contributed by atoms with Gasteiger partial charge in [-0.05, 0) is 50.5 Å². The van der Waals surface area contributed by atoms with Crippen LogP contribution in [0.15, 0.2) is 6.33 Å². The molecule has 5 heterocycles. The molecule has 1 unspecified atom stereocenters. The summed E-state index contributed by atoms with van der Waals surface area (Å²) in [7, 11) is 0. The number of amides is 2. The fourth-order valence-electron chi connectivity index (χ4n) is 5.34. The molecule has 2 aromatic heterocycles. The van der Waals surface area contributed by atoms with E-state index in [1.54, 1.807) is 4.90 Å². The van der Waals surface area contributed by atoms with Gasteiger partial charge in [0.1, 0.15) is 23.8 Å². The predicted molar refractivity (Wildman–Crippen MR) is 140 cm³/mol. The number of fused-ring (bicyclic) bond motifs is 1. The lowest BCUT2D eigenvalue weighted by Gasteiger charge is -2.31. The van der Waals surface area contributed by atoms with Gasteiger partial charge in [0, 0.05) is 32.1 Å². The van der Waals surface area contributed by atoms with Crippen molar-refractivity contribution in [3.8, 4) is 11.8 Å². The van der Waals surface area contributed by atoms with Crippen molar-refractivity contribution in [2.75, 3.05) is 31.9 Å². The van der Waals surface area contributed by atoms with Crippen LogP contribution >= 0.6 is 0 Å². The van der Waals surface area contributed by atoms with Gasteiger partial charge in [-0.2, -0.15) is 0 Å². The van der Waals surface area contributed by atoms with Gasteiger partial charge >= 0.3 is 6.09 Å². The van der Waals surface area contributed by atoms with Crippen molar-refractivity contribution in [3.05, 3.63) is 12.2 Å². The number of likely N-dealkylation sites (tertiary alicyclic amines) is 1. The highest BCUT2D eigenvalue weighted by Gasteiger charge is 2.48. The van der Waals surface area contributed by atoms with Gasteiger partial charge in [-0.15, -0.1) is 0 Å². The van der Waals surface area contributed by atoms with Crippen molar-refractivity contribution in [3.63, 3.8) is 0 Å². The third-order valence-electron chi connectivity index (χ3n) is 7.89. The van der Waals surface area contributed by atoms with E-state index in [2.05, 4.69) is 37.4 Å². The Labute approximate surface area is 230 Å². The molecule has 6 rings (SSSR count). The van der Waals surface area contributed by atoms with Crippen molar-refractivity contribution in [1.29, 1.82) is 0 Å². The van der Waals surface area contributed by atoms with Crippen LogP contribution in [0.3, 0.4) is 0 Å². The van der Waals surface area contributed by atoms with Crippen LogP contribution in [-0.2, 0) is 14.3 Å². The highest BCUT2D eigenvalue weighted by molar-refractivity contribution is 5.83. The smallest absolute Gasteiger partial charge is 0.410 e. The van der Waals surface area contributed by atoms with Gasteiger partial charge in [0.05, 0.1) is 6.33 Å². The normalized spacial score (nSPS) is 28.9. The number of hydrogen-bond donors (Lipinski definition) is 5. The van der Waals surface area contributed by atoms with Crippen LogP contribution in [0.2, 0.25) is 0 Å². The Bertz CT molecular complexity index is 1320. The van der Waals surface area contributed by atoms with Crippen molar-refractivity contribution in [2.24, 2.45) is 5.92 Å². The summed E-state index contributed by atoms with van der Waals surface area (Å²) < 4.78 is 12.8. The maximum atomic E-state index is 12.5. The van der Waals surface area contributed by atoms with Crippen LogP contribution in [0, 0.1) is 17.8 Å². The summed E-state index contributed by atoms with van der Waals surface area (Å²) in [5.41, 5.74) is 6.70. The monoisotopic (exact) mass is 554 g/mol. The second-order valence-corrected chi connectivity index (χ2v) is 10.9. The summed E-state index contributed by atoms with van der Waals surface area (Å²) in [5, 5.41) is 27.1. The average Bonchev–Trinajstić information content (AvgIpc) is 3.29. The summed E-state index contributed by atoms with van der Waals surface area (Å²) in [6, 6.07) is 0.0886. The van der Waals surface area contributed by atoms with E-state index in [-0.39, 0.29) is 35.5 Å². The number of nitrogens with two attached hydrogens (primary N) is 1. The molecule has 1 aliphatic carbocycles. The third kappa shape index (κ3) is 5.55. The van der Waals surface area contributed by atoms with E-state index in [0.717, 1.165) is 38.6 Å². The van der Waals surface area contributed by atoms with E-state index in [1.807, 2.05) is 0 Å². The summed E-state index contributed by atoms with van der Waals surface area (Å²) >= 11 is 0. The lowest BCUT2D eigenvalue weighted by Crippen LogP contribution is -2.43. The maximum Gasteiger partial charge on any atom is 0.410 e. The van der Waals surface area contributed by atoms with Crippen molar-refractivity contribution in [2.45, 2.75) is 75.2 Å². The molecule has 40 heavy (non-hydrogen) atoms. The number of carbonyl (C=O) groups excluding carboxylic acids is 2. The molecule has 214 valence electrons. The SMILES string of the molecule is Nc1nc(C#CCC2CCN(C(=O)OC3CCNC3)CC2)nc2c1ncn2[C@@H]1O[C@H](C(=O)NC2CC2)[C@@H](O)[C@H]1O. The number of hydrogen-bond acceptors (Lipinski definition) is 11. The minimum absolute atomic E-state index is 0.0426. The highest BCUT2D eigenvalue weighted by atomic mass is 16.6. The van der Waals surface area contributed by atoms with Gasteiger partial charge in [0.2, 0.25) is 5.82 Å². The number of nitrogens with one attached hydrogen (secondary N) is 2. The molecular weight excluding hydrogens is 520 g/mol. The summed E-state index contributed by atoms with van der Waals surface area (Å²) in [6.45, 7) is 2.86. The number of imidazole rings is 1. The number of carbonyl (C=O) groups is 2. The third-order valence-corrected chi connectivity index (χ3v) is 7.89. The number of aromatic nitrogens is 4.